The zero-order chi connectivity index (χ0) is 13.2. The fraction of sp³-hybridized carbons (Fsp3) is 0.538. The molecule has 0 amide bonds. The van der Waals surface area contributed by atoms with E-state index in [2.05, 4.69) is 0 Å². The first-order valence-electron chi connectivity index (χ1n) is 5.95. The van der Waals surface area contributed by atoms with Crippen molar-refractivity contribution in [2.24, 2.45) is 5.73 Å². The minimum atomic E-state index is -4.44. The highest BCUT2D eigenvalue weighted by molar-refractivity contribution is 5.43. The number of halogens is 4. The van der Waals surface area contributed by atoms with Gasteiger partial charge in [-0.15, -0.1) is 0 Å². The number of benzene rings is 1. The molecule has 0 heterocycles. The molecule has 0 atom stereocenters. The summed E-state index contributed by atoms with van der Waals surface area (Å²) in [5, 5.41) is 0. The zero-order valence-electron chi connectivity index (χ0n) is 9.65. The van der Waals surface area contributed by atoms with Gasteiger partial charge in [-0.1, -0.05) is 0 Å². The van der Waals surface area contributed by atoms with E-state index in [4.69, 9.17) is 5.73 Å². The van der Waals surface area contributed by atoms with E-state index >= 15 is 0 Å². The van der Waals surface area contributed by atoms with Crippen molar-refractivity contribution >= 4 is 0 Å². The molecular weight excluding hydrogens is 246 g/mol. The van der Waals surface area contributed by atoms with Gasteiger partial charge in [-0.25, -0.2) is 4.39 Å². The Bertz CT molecular complexity index is 498. The zero-order valence-corrected chi connectivity index (χ0v) is 9.65. The van der Waals surface area contributed by atoms with Crippen molar-refractivity contribution in [2.45, 2.75) is 42.8 Å². The summed E-state index contributed by atoms with van der Waals surface area (Å²) in [6.07, 6.45) is -1.54. The molecule has 2 saturated carbocycles. The average molecular weight is 259 g/mol. The van der Waals surface area contributed by atoms with Crippen LogP contribution >= 0.6 is 0 Å². The summed E-state index contributed by atoms with van der Waals surface area (Å²) in [7, 11) is 0. The third kappa shape index (κ3) is 1.56. The Morgan fingerprint density at radius 1 is 1.06 bits per heavy atom. The Labute approximate surface area is 102 Å². The van der Waals surface area contributed by atoms with Crippen LogP contribution in [-0.4, -0.2) is 5.54 Å². The molecule has 3 rings (SSSR count). The highest BCUT2D eigenvalue weighted by atomic mass is 19.4. The van der Waals surface area contributed by atoms with Crippen LogP contribution in [-0.2, 0) is 11.6 Å². The summed E-state index contributed by atoms with van der Waals surface area (Å²) in [5.41, 5.74) is 4.41. The predicted molar refractivity (Wildman–Crippen MR) is 58.5 cm³/mol. The number of hydrogen-bond donors (Lipinski definition) is 1. The van der Waals surface area contributed by atoms with Gasteiger partial charge in [-0.2, -0.15) is 13.2 Å². The van der Waals surface area contributed by atoms with Crippen LogP contribution in [0.15, 0.2) is 18.2 Å². The van der Waals surface area contributed by atoms with Gasteiger partial charge < -0.3 is 5.73 Å². The Kier molecular flexibility index (Phi) is 2.17. The second kappa shape index (κ2) is 3.26. The first-order chi connectivity index (χ1) is 8.29. The average Bonchev–Trinajstić information content (AvgIpc) is 3.13. The van der Waals surface area contributed by atoms with Gasteiger partial charge in [-0.05, 0) is 49.4 Å². The smallest absolute Gasteiger partial charge is 0.324 e. The van der Waals surface area contributed by atoms with Crippen LogP contribution in [0.5, 0.6) is 0 Å². The van der Waals surface area contributed by atoms with E-state index in [-0.39, 0.29) is 5.56 Å². The number of rotatable bonds is 2. The predicted octanol–water partition coefficient (Wildman–Crippen LogP) is 3.37. The Balaban J connectivity index is 2.07. The second-order valence-electron chi connectivity index (χ2n) is 5.43. The first-order valence-corrected chi connectivity index (χ1v) is 5.95. The molecule has 0 radical (unpaired) electrons. The molecule has 2 N–H and O–H groups in total. The lowest BCUT2D eigenvalue weighted by molar-refractivity contribution is -0.137. The van der Waals surface area contributed by atoms with Crippen molar-refractivity contribution in [3.8, 4) is 0 Å². The van der Waals surface area contributed by atoms with Crippen molar-refractivity contribution in [1.29, 1.82) is 0 Å². The number of hydrogen-bond acceptors (Lipinski definition) is 1. The lowest BCUT2D eigenvalue weighted by Crippen LogP contribution is -2.38. The maximum Gasteiger partial charge on any atom is 0.416 e. The molecule has 0 spiro atoms. The second-order valence-corrected chi connectivity index (χ2v) is 5.43. The Morgan fingerprint density at radius 2 is 1.67 bits per heavy atom. The SMILES string of the molecule is NC1(C2(c3cc(C(F)(F)F)ccc3F)CC2)CC1. The van der Waals surface area contributed by atoms with Crippen molar-refractivity contribution in [3.05, 3.63) is 35.1 Å². The van der Waals surface area contributed by atoms with Gasteiger partial charge in [0.15, 0.2) is 0 Å². The molecule has 2 fully saturated rings. The van der Waals surface area contributed by atoms with Gasteiger partial charge in [0.05, 0.1) is 5.56 Å². The van der Waals surface area contributed by atoms with Gasteiger partial charge >= 0.3 is 6.18 Å². The monoisotopic (exact) mass is 259 g/mol. The fourth-order valence-corrected chi connectivity index (χ4v) is 2.84. The molecule has 1 aromatic rings. The summed E-state index contributed by atoms with van der Waals surface area (Å²) >= 11 is 0. The lowest BCUT2D eigenvalue weighted by Gasteiger charge is -2.24. The molecule has 0 aromatic heterocycles. The molecule has 0 aliphatic heterocycles. The van der Waals surface area contributed by atoms with E-state index in [1.807, 2.05) is 0 Å². The molecule has 1 nitrogen and oxygen atoms in total. The largest absolute Gasteiger partial charge is 0.416 e. The molecule has 18 heavy (non-hydrogen) atoms. The molecule has 0 saturated heterocycles. The normalized spacial score (nSPS) is 23.8. The van der Waals surface area contributed by atoms with Crippen LogP contribution in [0.1, 0.15) is 36.8 Å². The molecule has 2 aliphatic carbocycles. The van der Waals surface area contributed by atoms with Crippen LogP contribution in [0.4, 0.5) is 17.6 Å². The maximum atomic E-state index is 13.8. The molecule has 2 aliphatic rings. The van der Waals surface area contributed by atoms with Gasteiger partial charge in [0, 0.05) is 11.0 Å². The molecule has 98 valence electrons. The molecule has 0 unspecified atom stereocenters. The van der Waals surface area contributed by atoms with E-state index < -0.39 is 28.5 Å². The number of nitrogens with two attached hydrogens (primary N) is 1. The molecular formula is C13H13F4N. The standard InChI is InChI=1S/C13H13F4N/c14-10-2-1-8(13(15,16)17)7-9(10)11(3-4-11)12(18)5-6-12/h1-2,7H,3-6,18H2. The van der Waals surface area contributed by atoms with Crippen LogP contribution in [0.25, 0.3) is 0 Å². The topological polar surface area (TPSA) is 26.0 Å². The third-order valence-electron chi connectivity index (χ3n) is 4.30. The van der Waals surface area contributed by atoms with Crippen LogP contribution in [0.3, 0.4) is 0 Å². The third-order valence-corrected chi connectivity index (χ3v) is 4.30. The van der Waals surface area contributed by atoms with Crippen molar-refractivity contribution < 1.29 is 17.6 Å². The van der Waals surface area contributed by atoms with Gasteiger partial charge in [0.2, 0.25) is 0 Å². The lowest BCUT2D eigenvalue weighted by atomic mass is 9.85. The Morgan fingerprint density at radius 3 is 2.11 bits per heavy atom. The molecule has 1 aromatic carbocycles. The molecule has 0 bridgehead atoms. The summed E-state index contributed by atoms with van der Waals surface area (Å²) in [5.74, 6) is -0.572. The van der Waals surface area contributed by atoms with Gasteiger partial charge in [0.25, 0.3) is 0 Å². The van der Waals surface area contributed by atoms with Crippen molar-refractivity contribution in [2.75, 3.05) is 0 Å². The van der Waals surface area contributed by atoms with Crippen molar-refractivity contribution in [1.82, 2.24) is 0 Å². The fourth-order valence-electron chi connectivity index (χ4n) is 2.84. The van der Waals surface area contributed by atoms with Crippen LogP contribution in [0.2, 0.25) is 0 Å². The van der Waals surface area contributed by atoms with Gasteiger partial charge in [-0.3, -0.25) is 0 Å². The number of alkyl halides is 3. The minimum Gasteiger partial charge on any atom is -0.324 e. The van der Waals surface area contributed by atoms with E-state index in [0.717, 1.165) is 31.0 Å². The minimum absolute atomic E-state index is 0.150. The highest BCUT2D eigenvalue weighted by Crippen LogP contribution is 2.64. The van der Waals surface area contributed by atoms with E-state index in [1.54, 1.807) is 0 Å². The quantitative estimate of drug-likeness (QED) is 0.810. The van der Waals surface area contributed by atoms with E-state index in [0.29, 0.717) is 12.8 Å². The van der Waals surface area contributed by atoms with Gasteiger partial charge in [0.1, 0.15) is 5.82 Å². The summed E-state index contributed by atoms with van der Waals surface area (Å²) in [6, 6.07) is 2.63. The summed E-state index contributed by atoms with van der Waals surface area (Å²) in [4.78, 5) is 0. The van der Waals surface area contributed by atoms with E-state index in [9.17, 15) is 17.6 Å². The van der Waals surface area contributed by atoms with E-state index in [1.165, 1.54) is 0 Å². The molecule has 5 heteroatoms. The summed E-state index contributed by atoms with van der Waals surface area (Å²) in [6.45, 7) is 0. The highest BCUT2D eigenvalue weighted by Gasteiger charge is 2.65. The van der Waals surface area contributed by atoms with Crippen LogP contribution < -0.4 is 5.73 Å². The van der Waals surface area contributed by atoms with Crippen molar-refractivity contribution in [3.63, 3.8) is 0 Å². The first kappa shape index (κ1) is 12.0. The Hall–Kier alpha value is -1.10. The summed E-state index contributed by atoms with van der Waals surface area (Å²) < 4.78 is 51.8. The van der Waals surface area contributed by atoms with Crippen LogP contribution in [0, 0.1) is 5.82 Å². The maximum absolute atomic E-state index is 13.8.